The van der Waals surface area contributed by atoms with Crippen molar-refractivity contribution in [3.05, 3.63) is 0 Å². The second-order valence-corrected chi connectivity index (χ2v) is 5.14. The highest BCUT2D eigenvalue weighted by Crippen LogP contribution is 2.22. The molecule has 0 radical (unpaired) electrons. The minimum Gasteiger partial charge on any atom is -0.384 e. The van der Waals surface area contributed by atoms with Crippen molar-refractivity contribution < 1.29 is 14.3 Å². The van der Waals surface area contributed by atoms with E-state index >= 15 is 0 Å². The van der Waals surface area contributed by atoms with E-state index in [1.807, 2.05) is 6.07 Å². The summed E-state index contributed by atoms with van der Waals surface area (Å²) < 4.78 is 4.79. The maximum absolute atomic E-state index is 11.9. The minimum absolute atomic E-state index is 0. The predicted molar refractivity (Wildman–Crippen MR) is 94.5 cm³/mol. The Morgan fingerprint density at radius 3 is 1.96 bits per heavy atom. The fourth-order valence-corrected chi connectivity index (χ4v) is 1.34. The van der Waals surface area contributed by atoms with E-state index in [1.54, 1.807) is 6.07 Å². The van der Waals surface area contributed by atoms with Gasteiger partial charge in [0, 0.05) is 20.0 Å². The molecule has 0 bridgehead atoms. The highest BCUT2D eigenvalue weighted by Gasteiger charge is 2.34. The van der Waals surface area contributed by atoms with Crippen molar-refractivity contribution in [3.8, 4) is 12.1 Å². The molecule has 2 atom stereocenters. The monoisotopic (exact) mass is 340 g/mol. The average Bonchev–Trinajstić information content (AvgIpc) is 2.48. The second-order valence-electron chi connectivity index (χ2n) is 5.14. The van der Waals surface area contributed by atoms with Crippen molar-refractivity contribution in [2.75, 3.05) is 13.7 Å². The van der Waals surface area contributed by atoms with Crippen LogP contribution in [0.1, 0.15) is 62.3 Å². The maximum Gasteiger partial charge on any atom is 0.222 e. The number of Topliss-reactive ketones (excluding diaryl/α,β-unsaturated/α-hetero) is 2. The number of nitriles is 2. The molecule has 0 amide bonds. The van der Waals surface area contributed by atoms with Crippen molar-refractivity contribution in [1.29, 1.82) is 10.5 Å². The van der Waals surface area contributed by atoms with Crippen molar-refractivity contribution in [3.63, 3.8) is 0 Å². The molecule has 0 saturated carbocycles. The van der Waals surface area contributed by atoms with Crippen LogP contribution in [0.25, 0.3) is 0 Å². The molecule has 138 valence electrons. The summed E-state index contributed by atoms with van der Waals surface area (Å²) in [5, 5.41) is 25.9. The lowest BCUT2D eigenvalue weighted by molar-refractivity contribution is -0.123. The van der Waals surface area contributed by atoms with Crippen LogP contribution in [0.3, 0.4) is 0 Å². The topological polar surface area (TPSA) is 116 Å². The molecule has 0 spiro atoms. The van der Waals surface area contributed by atoms with Gasteiger partial charge >= 0.3 is 0 Å². The number of nitrogens with zero attached hydrogens (tertiary/aromatic N) is 4. The van der Waals surface area contributed by atoms with Gasteiger partial charge < -0.3 is 9.53 Å². The quantitative estimate of drug-likeness (QED) is 0.590. The lowest BCUT2D eigenvalue weighted by Gasteiger charge is -2.18. The Bertz CT molecular complexity index is 505. The zero-order valence-electron chi connectivity index (χ0n) is 12.8. The number of methoxy groups -OCH3 is 1. The van der Waals surface area contributed by atoms with E-state index in [1.165, 1.54) is 27.9 Å². The molecule has 0 aliphatic carbocycles. The molecule has 0 rings (SSSR count). The van der Waals surface area contributed by atoms with Gasteiger partial charge in [0.15, 0.2) is 11.3 Å². The summed E-state index contributed by atoms with van der Waals surface area (Å²) in [6.45, 7) is 4.46. The Balaban J connectivity index is -0.000000667. The molecule has 0 saturated heterocycles. The summed E-state index contributed by atoms with van der Waals surface area (Å²) in [5.41, 5.74) is -2.88. The highest BCUT2D eigenvalue weighted by molar-refractivity contribution is 5.91. The first-order valence-electron chi connectivity index (χ1n) is 6.51. The molecule has 0 aromatic carbocycles. The molecule has 7 nitrogen and oxygen atoms in total. The van der Waals surface area contributed by atoms with E-state index in [0.29, 0.717) is 0 Å². The van der Waals surface area contributed by atoms with Crippen molar-refractivity contribution in [1.82, 2.24) is 0 Å². The van der Waals surface area contributed by atoms with Crippen LogP contribution >= 0.6 is 0 Å². The molecule has 0 fully saturated rings. The third kappa shape index (κ3) is 9.81. The van der Waals surface area contributed by atoms with Gasteiger partial charge in [0.2, 0.25) is 5.54 Å². The van der Waals surface area contributed by atoms with Gasteiger partial charge in [-0.1, -0.05) is 22.3 Å². The molecule has 0 aromatic heterocycles. The molecule has 7 heteroatoms. The number of hydrogen-bond donors (Lipinski definition) is 0. The van der Waals surface area contributed by atoms with E-state index in [2.05, 4.69) is 10.2 Å². The molecule has 0 N–H and O–H groups in total. The van der Waals surface area contributed by atoms with Gasteiger partial charge in [-0.3, -0.25) is 4.79 Å². The summed E-state index contributed by atoms with van der Waals surface area (Å²) in [6, 6.07) is 3.76. The van der Waals surface area contributed by atoms with E-state index in [0.717, 1.165) is 0 Å². The Hall–Kier alpha value is -2.12. The summed E-state index contributed by atoms with van der Waals surface area (Å²) in [5.74, 6) is -0.492. The molecule has 0 aromatic rings. The first-order chi connectivity index (χ1) is 9.73. The molecule has 0 aliphatic heterocycles. The van der Waals surface area contributed by atoms with Crippen LogP contribution in [-0.4, -0.2) is 36.4 Å². The third-order valence-corrected chi connectivity index (χ3v) is 2.97. The largest absolute Gasteiger partial charge is 0.384 e. The number of hydrogen-bond acceptors (Lipinski definition) is 7. The number of ether oxygens (including phenoxy) is 1. The SMILES string of the molecule is C.C.C.COCCC(=O)C(C)(C#N)N=NC(C)(C#N)CCC(C)=O. The minimum atomic E-state index is -1.65. The van der Waals surface area contributed by atoms with Crippen molar-refractivity contribution >= 4 is 11.6 Å². The van der Waals surface area contributed by atoms with Crippen molar-refractivity contribution in [2.24, 2.45) is 10.2 Å². The van der Waals surface area contributed by atoms with E-state index < -0.39 is 16.9 Å². The highest BCUT2D eigenvalue weighted by atomic mass is 16.5. The Morgan fingerprint density at radius 1 is 1.04 bits per heavy atom. The van der Waals surface area contributed by atoms with Crippen LogP contribution in [0.2, 0.25) is 0 Å². The van der Waals surface area contributed by atoms with Gasteiger partial charge in [0.05, 0.1) is 12.7 Å². The van der Waals surface area contributed by atoms with E-state index in [4.69, 9.17) is 15.3 Å². The van der Waals surface area contributed by atoms with Gasteiger partial charge in [0.1, 0.15) is 11.9 Å². The zero-order valence-corrected chi connectivity index (χ0v) is 12.8. The number of carbonyl (C=O) groups excluding carboxylic acids is 2. The number of azo groups is 1. The van der Waals surface area contributed by atoms with Crippen LogP contribution in [0.15, 0.2) is 10.2 Å². The van der Waals surface area contributed by atoms with Crippen LogP contribution in [-0.2, 0) is 14.3 Å². The first kappa shape index (κ1) is 29.8. The van der Waals surface area contributed by atoms with E-state index in [9.17, 15) is 9.59 Å². The summed E-state index contributed by atoms with van der Waals surface area (Å²) >= 11 is 0. The summed E-state index contributed by atoms with van der Waals surface area (Å²) in [4.78, 5) is 22.9. The fraction of sp³-hybridized carbons (Fsp3) is 0.765. The van der Waals surface area contributed by atoms with Crippen LogP contribution in [0, 0.1) is 22.7 Å². The molecule has 0 heterocycles. The van der Waals surface area contributed by atoms with Gasteiger partial charge in [-0.05, 0) is 27.2 Å². The van der Waals surface area contributed by atoms with Crippen molar-refractivity contribution in [2.45, 2.75) is 73.4 Å². The van der Waals surface area contributed by atoms with Gasteiger partial charge in [-0.15, -0.1) is 0 Å². The standard InChI is InChI=1S/C14H20N4O3.3CH4/c1-11(19)5-7-13(2,9-15)17-18-14(3,10-16)12(20)6-8-21-4;;;/h5-8H2,1-4H3;3*1H4. The Labute approximate surface area is 146 Å². The molecule has 2 unspecified atom stereocenters. The molecular weight excluding hydrogens is 308 g/mol. The lowest BCUT2D eigenvalue weighted by Crippen LogP contribution is -2.33. The Kier molecular flexibility index (Phi) is 16.6. The lowest BCUT2D eigenvalue weighted by atomic mass is 9.96. The maximum atomic E-state index is 11.9. The van der Waals surface area contributed by atoms with Crippen LogP contribution < -0.4 is 0 Å². The second kappa shape index (κ2) is 13.3. The molecular formula is C17H32N4O3. The molecule has 0 aliphatic rings. The summed E-state index contributed by atoms with van der Waals surface area (Å²) in [7, 11) is 1.45. The molecule has 24 heavy (non-hydrogen) atoms. The number of rotatable bonds is 9. The average molecular weight is 340 g/mol. The smallest absolute Gasteiger partial charge is 0.222 e. The zero-order chi connectivity index (χ0) is 16.5. The van der Waals surface area contributed by atoms with Gasteiger partial charge in [-0.2, -0.15) is 20.8 Å². The van der Waals surface area contributed by atoms with Crippen LogP contribution in [0.5, 0.6) is 0 Å². The number of carbonyl (C=O) groups is 2. The summed E-state index contributed by atoms with van der Waals surface area (Å²) in [6.07, 6.45) is 0.413. The third-order valence-electron chi connectivity index (χ3n) is 2.97. The fourth-order valence-electron chi connectivity index (χ4n) is 1.34. The van der Waals surface area contributed by atoms with Crippen LogP contribution in [0.4, 0.5) is 0 Å². The van der Waals surface area contributed by atoms with Gasteiger partial charge in [-0.25, -0.2) is 0 Å². The predicted octanol–water partition coefficient (Wildman–Crippen LogP) is 3.89. The van der Waals surface area contributed by atoms with E-state index in [-0.39, 0.29) is 53.9 Å². The van der Waals surface area contributed by atoms with Gasteiger partial charge in [0.25, 0.3) is 0 Å². The normalized spacial score (nSPS) is 14.4. The number of ketones is 2. The Morgan fingerprint density at radius 2 is 1.58 bits per heavy atom. The first-order valence-corrected chi connectivity index (χ1v) is 6.51.